The van der Waals surface area contributed by atoms with Crippen LogP contribution in [-0.2, 0) is 6.42 Å². The van der Waals surface area contributed by atoms with Gasteiger partial charge in [0.2, 0.25) is 0 Å². The SMILES string of the molecule is CCc1cn(C(=O)O)c2cc(C(=O)O)sc12. The summed E-state index contributed by atoms with van der Waals surface area (Å²) in [5, 5.41) is 17.8. The summed E-state index contributed by atoms with van der Waals surface area (Å²) in [7, 11) is 0. The molecule has 0 bridgehead atoms. The Labute approximate surface area is 94.5 Å². The summed E-state index contributed by atoms with van der Waals surface area (Å²) in [6, 6.07) is 1.40. The second-order valence-corrected chi connectivity index (χ2v) is 4.34. The molecule has 2 aromatic rings. The van der Waals surface area contributed by atoms with Crippen molar-refractivity contribution in [2.24, 2.45) is 0 Å². The number of aromatic nitrogens is 1. The standard InChI is InChI=1S/C10H9NO4S/c1-2-5-4-11(10(14)15)6-3-7(9(12)13)16-8(5)6/h3-4H,2H2,1H3,(H,12,13)(H,14,15). The van der Waals surface area contributed by atoms with Gasteiger partial charge < -0.3 is 10.2 Å². The fraction of sp³-hybridized carbons (Fsp3) is 0.200. The van der Waals surface area contributed by atoms with Crippen molar-refractivity contribution in [2.45, 2.75) is 13.3 Å². The van der Waals surface area contributed by atoms with Crippen LogP contribution in [0, 0.1) is 0 Å². The van der Waals surface area contributed by atoms with Gasteiger partial charge in [0.05, 0.1) is 10.2 Å². The number of rotatable bonds is 2. The Kier molecular flexibility index (Phi) is 2.43. The van der Waals surface area contributed by atoms with E-state index in [1.807, 2.05) is 6.92 Å². The number of thiophene rings is 1. The Balaban J connectivity index is 2.74. The van der Waals surface area contributed by atoms with Gasteiger partial charge in [0.25, 0.3) is 0 Å². The minimum Gasteiger partial charge on any atom is -0.477 e. The minimum absolute atomic E-state index is 0.162. The fourth-order valence-corrected chi connectivity index (χ4v) is 2.66. The van der Waals surface area contributed by atoms with Crippen LogP contribution in [0.1, 0.15) is 22.2 Å². The molecule has 84 valence electrons. The normalized spacial score (nSPS) is 10.8. The number of aromatic carboxylic acids is 1. The number of nitrogens with zero attached hydrogens (tertiary/aromatic N) is 1. The van der Waals surface area contributed by atoms with Crippen LogP contribution in [0.3, 0.4) is 0 Å². The Morgan fingerprint density at radius 2 is 2.12 bits per heavy atom. The van der Waals surface area contributed by atoms with E-state index in [2.05, 4.69) is 0 Å². The highest BCUT2D eigenvalue weighted by Gasteiger charge is 2.17. The summed E-state index contributed by atoms with van der Waals surface area (Å²) in [5.74, 6) is -1.03. The summed E-state index contributed by atoms with van der Waals surface area (Å²) in [6.07, 6.45) is 1.12. The number of carboxylic acids is 1. The van der Waals surface area contributed by atoms with Gasteiger partial charge in [-0.05, 0) is 18.1 Å². The van der Waals surface area contributed by atoms with Gasteiger partial charge in [0, 0.05) is 6.20 Å². The van der Waals surface area contributed by atoms with Crippen LogP contribution in [0.4, 0.5) is 4.79 Å². The molecule has 6 heteroatoms. The lowest BCUT2D eigenvalue weighted by atomic mass is 10.2. The second-order valence-electron chi connectivity index (χ2n) is 3.29. The maximum atomic E-state index is 10.9. The first-order valence-corrected chi connectivity index (χ1v) is 5.46. The van der Waals surface area contributed by atoms with Gasteiger partial charge in [-0.3, -0.25) is 4.57 Å². The van der Waals surface area contributed by atoms with Gasteiger partial charge in [-0.2, -0.15) is 0 Å². The van der Waals surface area contributed by atoms with Gasteiger partial charge in [0.15, 0.2) is 0 Å². The Morgan fingerprint density at radius 1 is 1.44 bits per heavy atom. The van der Waals surface area contributed by atoms with Gasteiger partial charge in [-0.25, -0.2) is 9.59 Å². The summed E-state index contributed by atoms with van der Waals surface area (Å²) < 4.78 is 1.80. The molecule has 0 aliphatic carbocycles. The molecule has 0 spiro atoms. The smallest absolute Gasteiger partial charge is 0.416 e. The van der Waals surface area contributed by atoms with Gasteiger partial charge in [-0.1, -0.05) is 6.92 Å². The van der Waals surface area contributed by atoms with Crippen molar-refractivity contribution in [3.05, 3.63) is 22.7 Å². The lowest BCUT2D eigenvalue weighted by Crippen LogP contribution is -2.05. The molecule has 0 unspecified atom stereocenters. The summed E-state index contributed by atoms with van der Waals surface area (Å²) in [4.78, 5) is 21.9. The Morgan fingerprint density at radius 3 is 2.62 bits per heavy atom. The summed E-state index contributed by atoms with van der Waals surface area (Å²) in [6.45, 7) is 1.90. The summed E-state index contributed by atoms with van der Waals surface area (Å²) in [5.41, 5.74) is 1.31. The van der Waals surface area contributed by atoms with E-state index in [0.717, 1.165) is 26.2 Å². The van der Waals surface area contributed by atoms with E-state index in [9.17, 15) is 9.59 Å². The molecule has 2 aromatic heterocycles. The largest absolute Gasteiger partial charge is 0.477 e. The molecule has 0 radical (unpaired) electrons. The van der Waals surface area contributed by atoms with E-state index >= 15 is 0 Å². The molecule has 2 rings (SSSR count). The Hall–Kier alpha value is -1.82. The predicted octanol–water partition coefficient (Wildman–Crippen LogP) is 2.49. The average Bonchev–Trinajstić information content (AvgIpc) is 2.73. The lowest BCUT2D eigenvalue weighted by Gasteiger charge is -1.93. The number of hydrogen-bond donors (Lipinski definition) is 2. The summed E-state index contributed by atoms with van der Waals surface area (Å²) >= 11 is 1.11. The molecule has 0 aliphatic rings. The van der Waals surface area contributed by atoms with Crippen LogP contribution in [0.5, 0.6) is 0 Å². The monoisotopic (exact) mass is 239 g/mol. The number of carbonyl (C=O) groups is 2. The number of aryl methyl sites for hydroxylation is 1. The molecule has 0 aliphatic heterocycles. The van der Waals surface area contributed by atoms with Crippen LogP contribution in [0.15, 0.2) is 12.3 Å². The van der Waals surface area contributed by atoms with Crippen molar-refractivity contribution in [1.29, 1.82) is 0 Å². The molecule has 16 heavy (non-hydrogen) atoms. The molecule has 2 N–H and O–H groups in total. The van der Waals surface area contributed by atoms with E-state index in [-0.39, 0.29) is 4.88 Å². The first-order chi connectivity index (χ1) is 7.54. The zero-order valence-corrected chi connectivity index (χ0v) is 9.24. The zero-order chi connectivity index (χ0) is 11.9. The maximum absolute atomic E-state index is 10.9. The maximum Gasteiger partial charge on any atom is 0.416 e. The molecule has 2 heterocycles. The molecule has 0 atom stereocenters. The first-order valence-electron chi connectivity index (χ1n) is 4.65. The lowest BCUT2D eigenvalue weighted by molar-refractivity contribution is 0.0702. The predicted molar refractivity (Wildman–Crippen MR) is 59.6 cm³/mol. The van der Waals surface area contributed by atoms with Crippen molar-refractivity contribution in [1.82, 2.24) is 4.57 Å². The molecular formula is C10H9NO4S. The van der Waals surface area contributed by atoms with E-state index in [1.165, 1.54) is 12.3 Å². The van der Waals surface area contributed by atoms with Crippen LogP contribution in [0.2, 0.25) is 0 Å². The van der Waals surface area contributed by atoms with E-state index in [4.69, 9.17) is 10.2 Å². The average molecular weight is 239 g/mol. The molecule has 0 amide bonds. The van der Waals surface area contributed by atoms with Crippen molar-refractivity contribution >= 4 is 33.6 Å². The number of fused-ring (bicyclic) bond motifs is 1. The molecular weight excluding hydrogens is 230 g/mol. The highest BCUT2D eigenvalue weighted by atomic mass is 32.1. The fourth-order valence-electron chi connectivity index (χ4n) is 1.59. The Bertz CT molecular complexity index is 581. The molecule has 0 saturated heterocycles. The third-order valence-electron chi connectivity index (χ3n) is 2.35. The van der Waals surface area contributed by atoms with E-state index in [0.29, 0.717) is 11.9 Å². The van der Waals surface area contributed by atoms with Crippen molar-refractivity contribution in [2.75, 3.05) is 0 Å². The van der Waals surface area contributed by atoms with E-state index in [1.54, 1.807) is 0 Å². The molecule has 0 fully saturated rings. The molecule has 0 saturated carbocycles. The van der Waals surface area contributed by atoms with Crippen LogP contribution in [-0.4, -0.2) is 26.8 Å². The minimum atomic E-state index is -1.10. The third kappa shape index (κ3) is 1.47. The van der Waals surface area contributed by atoms with E-state index < -0.39 is 12.1 Å². The number of carboxylic acid groups (broad SMARTS) is 2. The van der Waals surface area contributed by atoms with Crippen LogP contribution in [0.25, 0.3) is 10.2 Å². The number of hydrogen-bond acceptors (Lipinski definition) is 3. The quantitative estimate of drug-likeness (QED) is 0.843. The first kappa shape index (κ1) is 10.7. The third-order valence-corrected chi connectivity index (χ3v) is 3.53. The van der Waals surface area contributed by atoms with Crippen molar-refractivity contribution in [3.8, 4) is 0 Å². The highest BCUT2D eigenvalue weighted by Crippen LogP contribution is 2.30. The second kappa shape index (κ2) is 3.64. The molecule has 5 nitrogen and oxygen atoms in total. The van der Waals surface area contributed by atoms with Gasteiger partial charge >= 0.3 is 12.1 Å². The van der Waals surface area contributed by atoms with Crippen LogP contribution < -0.4 is 0 Å². The van der Waals surface area contributed by atoms with Gasteiger partial charge in [0.1, 0.15) is 4.88 Å². The van der Waals surface area contributed by atoms with Crippen molar-refractivity contribution < 1.29 is 19.8 Å². The zero-order valence-electron chi connectivity index (χ0n) is 8.43. The topological polar surface area (TPSA) is 79.5 Å². The van der Waals surface area contributed by atoms with Crippen LogP contribution >= 0.6 is 11.3 Å². The molecule has 0 aromatic carbocycles. The highest BCUT2D eigenvalue weighted by molar-refractivity contribution is 7.20. The van der Waals surface area contributed by atoms with Crippen molar-refractivity contribution in [3.63, 3.8) is 0 Å². The van der Waals surface area contributed by atoms with Gasteiger partial charge in [-0.15, -0.1) is 11.3 Å².